The van der Waals surface area contributed by atoms with Crippen molar-refractivity contribution >= 4 is 17.0 Å². The van der Waals surface area contributed by atoms with Gasteiger partial charge in [-0.3, -0.25) is 0 Å². The highest BCUT2D eigenvalue weighted by atomic mass is 32.1. The number of hydrogen-bond acceptors (Lipinski definition) is 2. The first-order chi connectivity index (χ1) is 8.86. The largest absolute Gasteiger partial charge is 0.380 e. The molecule has 0 spiro atoms. The number of thiophene rings is 1. The zero-order valence-corrected chi connectivity index (χ0v) is 12.1. The summed E-state index contributed by atoms with van der Waals surface area (Å²) in [4.78, 5) is 2.49. The van der Waals surface area contributed by atoms with Crippen LogP contribution in [0.2, 0.25) is 0 Å². The zero-order valence-electron chi connectivity index (χ0n) is 11.3. The summed E-state index contributed by atoms with van der Waals surface area (Å²) in [6.45, 7) is 7.13. The quantitative estimate of drug-likeness (QED) is 0.840. The lowest BCUT2D eigenvalue weighted by atomic mass is 9.95. The van der Waals surface area contributed by atoms with Gasteiger partial charge < -0.3 is 5.32 Å². The Morgan fingerprint density at radius 1 is 1.05 bits per heavy atom. The number of nitrogens with one attached hydrogen (secondary N) is 1. The second-order valence-corrected chi connectivity index (χ2v) is 6.67. The first kappa shape index (κ1) is 14.0. The Morgan fingerprint density at radius 2 is 1.79 bits per heavy atom. The van der Waals surface area contributed by atoms with E-state index in [4.69, 9.17) is 0 Å². The molecule has 0 atom stereocenters. The van der Waals surface area contributed by atoms with E-state index in [1.165, 1.54) is 21.9 Å². The topological polar surface area (TPSA) is 12.0 Å². The summed E-state index contributed by atoms with van der Waals surface area (Å²) in [6, 6.07) is 8.03. The first-order valence-electron chi connectivity index (χ1n) is 6.14. The molecular formula is C15H17F2NS. The molecule has 1 heterocycles. The van der Waals surface area contributed by atoms with Gasteiger partial charge in [-0.05, 0) is 29.7 Å². The van der Waals surface area contributed by atoms with Crippen molar-refractivity contribution < 1.29 is 8.78 Å². The van der Waals surface area contributed by atoms with Gasteiger partial charge in [-0.2, -0.15) is 0 Å². The van der Waals surface area contributed by atoms with Crippen LogP contribution in [0.5, 0.6) is 0 Å². The van der Waals surface area contributed by atoms with Gasteiger partial charge in [0.05, 0.1) is 0 Å². The van der Waals surface area contributed by atoms with Gasteiger partial charge in [0.1, 0.15) is 0 Å². The minimum absolute atomic E-state index is 0.144. The second-order valence-electron chi connectivity index (χ2n) is 5.50. The van der Waals surface area contributed by atoms with Gasteiger partial charge >= 0.3 is 0 Å². The Balaban J connectivity index is 2.02. The molecular weight excluding hydrogens is 264 g/mol. The molecule has 19 heavy (non-hydrogen) atoms. The van der Waals surface area contributed by atoms with Crippen molar-refractivity contribution in [1.29, 1.82) is 0 Å². The molecule has 1 nitrogen and oxygen atoms in total. The van der Waals surface area contributed by atoms with Crippen LogP contribution in [0.3, 0.4) is 0 Å². The Kier molecular flexibility index (Phi) is 3.90. The van der Waals surface area contributed by atoms with Gasteiger partial charge in [-0.1, -0.05) is 20.8 Å². The summed E-state index contributed by atoms with van der Waals surface area (Å²) >= 11 is 1.74. The Labute approximate surface area is 116 Å². The average Bonchev–Trinajstić information content (AvgIpc) is 2.79. The molecule has 0 aliphatic heterocycles. The molecule has 0 saturated heterocycles. The van der Waals surface area contributed by atoms with E-state index in [1.54, 1.807) is 11.3 Å². The van der Waals surface area contributed by atoms with Gasteiger partial charge in [0.2, 0.25) is 0 Å². The molecule has 0 bridgehead atoms. The van der Waals surface area contributed by atoms with Crippen LogP contribution in [0.1, 0.15) is 30.5 Å². The van der Waals surface area contributed by atoms with Crippen LogP contribution in [-0.4, -0.2) is 0 Å². The van der Waals surface area contributed by atoms with E-state index in [0.29, 0.717) is 12.2 Å². The summed E-state index contributed by atoms with van der Waals surface area (Å²) in [5.41, 5.74) is 0.731. The molecule has 4 heteroatoms. The molecule has 102 valence electrons. The van der Waals surface area contributed by atoms with Crippen molar-refractivity contribution in [3.05, 3.63) is 51.7 Å². The highest BCUT2D eigenvalue weighted by Crippen LogP contribution is 2.29. The van der Waals surface area contributed by atoms with Crippen molar-refractivity contribution in [2.45, 2.75) is 32.7 Å². The van der Waals surface area contributed by atoms with Crippen molar-refractivity contribution in [3.63, 3.8) is 0 Å². The number of rotatable bonds is 3. The van der Waals surface area contributed by atoms with Gasteiger partial charge in [0, 0.05) is 28.1 Å². The van der Waals surface area contributed by atoms with E-state index < -0.39 is 11.6 Å². The molecule has 1 N–H and O–H groups in total. The van der Waals surface area contributed by atoms with E-state index in [2.05, 4.69) is 38.2 Å². The number of halogens is 2. The lowest BCUT2D eigenvalue weighted by Gasteiger charge is -2.15. The van der Waals surface area contributed by atoms with Crippen molar-refractivity contribution in [1.82, 2.24) is 0 Å². The standard InChI is InChI=1S/C15H17F2NS/c1-15(2,3)14-7-5-11(19-14)9-18-10-4-6-12(16)13(17)8-10/h4-8,18H,9H2,1-3H3. The summed E-state index contributed by atoms with van der Waals surface area (Å²) in [6.07, 6.45) is 0. The normalized spacial score (nSPS) is 11.6. The van der Waals surface area contributed by atoms with Crippen LogP contribution in [0.25, 0.3) is 0 Å². The predicted octanol–water partition coefficient (Wildman–Crippen LogP) is 4.94. The van der Waals surface area contributed by atoms with E-state index in [-0.39, 0.29) is 5.41 Å². The minimum atomic E-state index is -0.827. The van der Waals surface area contributed by atoms with Crippen molar-refractivity contribution in [2.75, 3.05) is 5.32 Å². The minimum Gasteiger partial charge on any atom is -0.380 e. The molecule has 0 aliphatic rings. The average molecular weight is 281 g/mol. The third kappa shape index (κ3) is 3.53. The predicted molar refractivity (Wildman–Crippen MR) is 76.7 cm³/mol. The van der Waals surface area contributed by atoms with Gasteiger partial charge in [0.25, 0.3) is 0 Å². The molecule has 0 aliphatic carbocycles. The third-order valence-electron chi connectivity index (χ3n) is 2.79. The monoisotopic (exact) mass is 281 g/mol. The number of hydrogen-bond donors (Lipinski definition) is 1. The Hall–Kier alpha value is -1.42. The fourth-order valence-corrected chi connectivity index (χ4v) is 2.68. The van der Waals surface area contributed by atoms with Crippen LogP contribution < -0.4 is 5.32 Å². The molecule has 0 saturated carbocycles. The van der Waals surface area contributed by atoms with Crippen LogP contribution in [0.15, 0.2) is 30.3 Å². The molecule has 0 unspecified atom stereocenters. The first-order valence-corrected chi connectivity index (χ1v) is 6.96. The van der Waals surface area contributed by atoms with E-state index in [0.717, 1.165) is 6.07 Å². The molecule has 2 rings (SSSR count). The lowest BCUT2D eigenvalue weighted by molar-refractivity contribution is 0.509. The fourth-order valence-electron chi connectivity index (χ4n) is 1.67. The molecule has 0 amide bonds. The SMILES string of the molecule is CC(C)(C)c1ccc(CNc2ccc(F)c(F)c2)s1. The maximum atomic E-state index is 13.1. The third-order valence-corrected chi connectivity index (χ3v) is 4.30. The summed E-state index contributed by atoms with van der Waals surface area (Å²) < 4.78 is 25.8. The molecule has 1 aromatic heterocycles. The van der Waals surface area contributed by atoms with Crippen LogP contribution in [0, 0.1) is 11.6 Å². The smallest absolute Gasteiger partial charge is 0.160 e. The van der Waals surface area contributed by atoms with Crippen molar-refractivity contribution in [3.8, 4) is 0 Å². The lowest BCUT2D eigenvalue weighted by Crippen LogP contribution is -2.07. The number of benzene rings is 1. The Bertz CT molecular complexity index is 570. The highest BCUT2D eigenvalue weighted by molar-refractivity contribution is 7.12. The van der Waals surface area contributed by atoms with Crippen LogP contribution >= 0.6 is 11.3 Å². The van der Waals surface area contributed by atoms with Crippen LogP contribution in [-0.2, 0) is 12.0 Å². The highest BCUT2D eigenvalue weighted by Gasteiger charge is 2.15. The fraction of sp³-hybridized carbons (Fsp3) is 0.333. The summed E-state index contributed by atoms with van der Waals surface area (Å²) in [5, 5.41) is 3.10. The molecule has 0 radical (unpaired) electrons. The van der Waals surface area contributed by atoms with Gasteiger partial charge in [0.15, 0.2) is 11.6 Å². The van der Waals surface area contributed by atoms with E-state index in [1.807, 2.05) is 0 Å². The molecule has 1 aromatic carbocycles. The maximum Gasteiger partial charge on any atom is 0.160 e. The zero-order chi connectivity index (χ0) is 14.0. The van der Waals surface area contributed by atoms with E-state index >= 15 is 0 Å². The second kappa shape index (κ2) is 5.29. The van der Waals surface area contributed by atoms with E-state index in [9.17, 15) is 8.78 Å². The summed E-state index contributed by atoms with van der Waals surface area (Å²) in [5.74, 6) is -1.65. The van der Waals surface area contributed by atoms with Gasteiger partial charge in [-0.15, -0.1) is 11.3 Å². The molecule has 2 aromatic rings. The van der Waals surface area contributed by atoms with Crippen LogP contribution in [0.4, 0.5) is 14.5 Å². The molecule has 0 fully saturated rings. The Morgan fingerprint density at radius 3 is 2.37 bits per heavy atom. The summed E-state index contributed by atoms with van der Waals surface area (Å²) in [7, 11) is 0. The van der Waals surface area contributed by atoms with Gasteiger partial charge in [-0.25, -0.2) is 8.78 Å². The van der Waals surface area contributed by atoms with Crippen molar-refractivity contribution in [2.24, 2.45) is 0 Å². The number of anilines is 1. The maximum absolute atomic E-state index is 13.1.